The van der Waals surface area contributed by atoms with E-state index in [0.29, 0.717) is 11.8 Å². The number of aliphatic hydroxyl groups excluding tert-OH is 2. The lowest BCUT2D eigenvalue weighted by atomic mass is 9.53. The Balaban J connectivity index is 1.42. The van der Waals surface area contributed by atoms with Gasteiger partial charge in [0.2, 0.25) is 0 Å². The zero-order valence-corrected chi connectivity index (χ0v) is 22.9. The maximum atomic E-state index is 11.6. The second kappa shape index (κ2) is 12.9. The van der Waals surface area contributed by atoms with Gasteiger partial charge in [-0.15, -0.1) is 0 Å². The predicted molar refractivity (Wildman–Crippen MR) is 144 cm³/mol. The van der Waals surface area contributed by atoms with E-state index in [1.165, 1.54) is 122 Å². The summed E-state index contributed by atoms with van der Waals surface area (Å²) in [7, 11) is 0. The molecule has 0 radical (unpaired) electrons. The molecular weight excluding hydrogens is 416 g/mol. The zero-order chi connectivity index (χ0) is 24.0. The summed E-state index contributed by atoms with van der Waals surface area (Å²) in [6.45, 7) is 4.80. The molecule has 4 aliphatic carbocycles. The van der Waals surface area contributed by atoms with Gasteiger partial charge in [0.1, 0.15) is 0 Å². The minimum atomic E-state index is -0.153. The molecule has 0 spiro atoms. The van der Waals surface area contributed by atoms with Crippen molar-refractivity contribution in [2.24, 2.45) is 40.9 Å². The molecule has 0 bridgehead atoms. The molecule has 6 unspecified atom stereocenters. The van der Waals surface area contributed by atoms with Gasteiger partial charge in [-0.25, -0.2) is 0 Å². The Kier molecular flexibility index (Phi) is 10.3. The molecule has 2 heteroatoms. The third kappa shape index (κ3) is 6.42. The normalized spacial score (nSPS) is 38.5. The van der Waals surface area contributed by atoms with Gasteiger partial charge in [-0.05, 0) is 85.9 Å². The van der Waals surface area contributed by atoms with Crippen LogP contribution in [0.3, 0.4) is 0 Å². The average molecular weight is 475 g/mol. The SMILES string of the molecule is CCCCCCC(C)(C1CCC(C2CCCCC2)CC1O)C1CCC(C2CCCCC2)CC1O. The predicted octanol–water partition coefficient (Wildman–Crippen LogP) is 8.68. The Hall–Kier alpha value is -0.0800. The van der Waals surface area contributed by atoms with Crippen LogP contribution in [0, 0.1) is 40.9 Å². The van der Waals surface area contributed by atoms with Crippen molar-refractivity contribution in [3.05, 3.63) is 0 Å². The van der Waals surface area contributed by atoms with Gasteiger partial charge in [-0.2, -0.15) is 0 Å². The Labute approximate surface area is 212 Å². The van der Waals surface area contributed by atoms with E-state index in [2.05, 4.69) is 13.8 Å². The van der Waals surface area contributed by atoms with Gasteiger partial charge in [0.05, 0.1) is 12.2 Å². The summed E-state index contributed by atoms with van der Waals surface area (Å²) in [5.41, 5.74) is 0.0989. The fourth-order valence-corrected chi connectivity index (χ4v) is 9.54. The van der Waals surface area contributed by atoms with Crippen LogP contribution in [0.1, 0.15) is 149 Å². The second-order valence-corrected chi connectivity index (χ2v) is 13.6. The van der Waals surface area contributed by atoms with E-state index in [1.54, 1.807) is 0 Å². The number of hydrogen-bond donors (Lipinski definition) is 2. The van der Waals surface area contributed by atoms with Crippen molar-refractivity contribution in [2.75, 3.05) is 0 Å². The first-order valence-corrected chi connectivity index (χ1v) is 15.9. The van der Waals surface area contributed by atoms with Crippen molar-refractivity contribution in [3.8, 4) is 0 Å². The van der Waals surface area contributed by atoms with Crippen LogP contribution in [0.15, 0.2) is 0 Å². The number of unbranched alkanes of at least 4 members (excludes halogenated alkanes) is 3. The van der Waals surface area contributed by atoms with Crippen molar-refractivity contribution in [1.82, 2.24) is 0 Å². The maximum Gasteiger partial charge on any atom is 0.0576 e. The van der Waals surface area contributed by atoms with Gasteiger partial charge in [-0.3, -0.25) is 0 Å². The molecule has 4 rings (SSSR count). The molecule has 0 aromatic carbocycles. The summed E-state index contributed by atoms with van der Waals surface area (Å²) in [6.07, 6.45) is 27.3. The lowest BCUT2D eigenvalue weighted by Crippen LogP contribution is -2.50. The highest BCUT2D eigenvalue weighted by atomic mass is 16.3. The van der Waals surface area contributed by atoms with Crippen LogP contribution in [0.5, 0.6) is 0 Å². The Bertz CT molecular complexity index is 534. The molecule has 198 valence electrons. The molecule has 0 aromatic heterocycles. The Morgan fingerprint density at radius 1 is 0.559 bits per heavy atom. The highest BCUT2D eigenvalue weighted by Crippen LogP contribution is 2.55. The summed E-state index contributed by atoms with van der Waals surface area (Å²) < 4.78 is 0. The van der Waals surface area contributed by atoms with E-state index >= 15 is 0 Å². The lowest BCUT2D eigenvalue weighted by Gasteiger charge is -2.53. The second-order valence-electron chi connectivity index (χ2n) is 13.6. The lowest BCUT2D eigenvalue weighted by molar-refractivity contribution is -0.111. The molecule has 4 aliphatic rings. The topological polar surface area (TPSA) is 40.5 Å². The van der Waals surface area contributed by atoms with Gasteiger partial charge in [0, 0.05) is 0 Å². The molecule has 0 amide bonds. The monoisotopic (exact) mass is 474 g/mol. The fraction of sp³-hybridized carbons (Fsp3) is 1.00. The molecule has 4 saturated carbocycles. The Morgan fingerprint density at radius 2 is 1.03 bits per heavy atom. The van der Waals surface area contributed by atoms with E-state index in [9.17, 15) is 10.2 Å². The molecule has 0 heterocycles. The average Bonchev–Trinajstić information content (AvgIpc) is 2.87. The quantitative estimate of drug-likeness (QED) is 0.328. The summed E-state index contributed by atoms with van der Waals surface area (Å²) in [5, 5.41) is 23.2. The smallest absolute Gasteiger partial charge is 0.0576 e. The minimum Gasteiger partial charge on any atom is -0.393 e. The molecule has 34 heavy (non-hydrogen) atoms. The largest absolute Gasteiger partial charge is 0.393 e. The molecule has 2 N–H and O–H groups in total. The molecule has 0 saturated heterocycles. The zero-order valence-electron chi connectivity index (χ0n) is 22.9. The van der Waals surface area contributed by atoms with E-state index in [0.717, 1.165) is 36.5 Å². The van der Waals surface area contributed by atoms with Gasteiger partial charge in [0.25, 0.3) is 0 Å². The van der Waals surface area contributed by atoms with Crippen LogP contribution in [-0.4, -0.2) is 22.4 Å². The van der Waals surface area contributed by atoms with Crippen molar-refractivity contribution < 1.29 is 10.2 Å². The molecule has 2 nitrogen and oxygen atoms in total. The van der Waals surface area contributed by atoms with Gasteiger partial charge < -0.3 is 10.2 Å². The van der Waals surface area contributed by atoms with Crippen molar-refractivity contribution in [3.63, 3.8) is 0 Å². The van der Waals surface area contributed by atoms with Crippen molar-refractivity contribution in [1.29, 1.82) is 0 Å². The fourth-order valence-electron chi connectivity index (χ4n) is 9.54. The van der Waals surface area contributed by atoms with Crippen LogP contribution < -0.4 is 0 Å². The van der Waals surface area contributed by atoms with Crippen LogP contribution in [0.25, 0.3) is 0 Å². The van der Waals surface area contributed by atoms with E-state index < -0.39 is 0 Å². The highest BCUT2D eigenvalue weighted by molar-refractivity contribution is 5.00. The van der Waals surface area contributed by atoms with Gasteiger partial charge >= 0.3 is 0 Å². The van der Waals surface area contributed by atoms with Crippen LogP contribution in [-0.2, 0) is 0 Å². The first-order valence-electron chi connectivity index (χ1n) is 15.9. The van der Waals surface area contributed by atoms with E-state index in [4.69, 9.17) is 0 Å². The van der Waals surface area contributed by atoms with Gasteiger partial charge in [-0.1, -0.05) is 104 Å². The summed E-state index contributed by atoms with van der Waals surface area (Å²) >= 11 is 0. The van der Waals surface area contributed by atoms with Crippen LogP contribution >= 0.6 is 0 Å². The van der Waals surface area contributed by atoms with Crippen molar-refractivity contribution in [2.45, 2.75) is 161 Å². The van der Waals surface area contributed by atoms with Gasteiger partial charge in [0.15, 0.2) is 0 Å². The number of aliphatic hydroxyl groups is 2. The number of rotatable bonds is 9. The van der Waals surface area contributed by atoms with E-state index in [1.807, 2.05) is 0 Å². The molecular formula is C32H58O2. The molecule has 4 fully saturated rings. The van der Waals surface area contributed by atoms with Crippen LogP contribution in [0.4, 0.5) is 0 Å². The molecule has 0 aliphatic heterocycles. The standard InChI is InChI=1S/C32H58O2/c1-3-4-5-12-21-32(2,28-19-17-26(22-30(28)33)24-13-8-6-9-14-24)29-20-18-27(23-31(29)34)25-15-10-7-11-16-25/h24-31,33-34H,3-23H2,1-2H3. The van der Waals surface area contributed by atoms with E-state index in [-0.39, 0.29) is 17.6 Å². The Morgan fingerprint density at radius 3 is 1.44 bits per heavy atom. The van der Waals surface area contributed by atoms with Crippen molar-refractivity contribution >= 4 is 0 Å². The third-order valence-corrected chi connectivity index (χ3v) is 11.6. The number of hydrogen-bond acceptors (Lipinski definition) is 2. The summed E-state index contributed by atoms with van der Waals surface area (Å²) in [4.78, 5) is 0. The molecule has 6 atom stereocenters. The summed E-state index contributed by atoms with van der Waals surface area (Å²) in [6, 6.07) is 0. The summed E-state index contributed by atoms with van der Waals surface area (Å²) in [5.74, 6) is 4.03. The highest BCUT2D eigenvalue weighted by Gasteiger charge is 2.50. The van der Waals surface area contributed by atoms with Crippen LogP contribution in [0.2, 0.25) is 0 Å². The third-order valence-electron chi connectivity index (χ3n) is 11.6. The first-order chi connectivity index (χ1) is 16.5. The maximum absolute atomic E-state index is 11.6. The molecule has 0 aromatic rings. The minimum absolute atomic E-state index is 0.0989. The first kappa shape index (κ1) is 27.0.